The van der Waals surface area contributed by atoms with E-state index in [2.05, 4.69) is 16.2 Å². The molecule has 1 aliphatic rings. The molecule has 6 heteroatoms. The predicted octanol–water partition coefficient (Wildman–Crippen LogP) is 0.932. The summed E-state index contributed by atoms with van der Waals surface area (Å²) in [5, 5.41) is 2.62. The van der Waals surface area contributed by atoms with Crippen LogP contribution in [0, 0.1) is 5.82 Å². The molecular formula is C11H12FN3O2. The van der Waals surface area contributed by atoms with Crippen LogP contribution in [0.1, 0.15) is 23.2 Å². The second-order valence-corrected chi connectivity index (χ2v) is 3.81. The van der Waals surface area contributed by atoms with Crippen molar-refractivity contribution in [3.8, 4) is 0 Å². The van der Waals surface area contributed by atoms with Crippen LogP contribution in [0.4, 0.5) is 9.18 Å². The zero-order valence-corrected chi connectivity index (χ0v) is 9.00. The van der Waals surface area contributed by atoms with Gasteiger partial charge in [0.05, 0.1) is 5.56 Å². The summed E-state index contributed by atoms with van der Waals surface area (Å²) in [5.74, 6) is -1.32. The number of hydrogen-bond acceptors (Lipinski definition) is 2. The van der Waals surface area contributed by atoms with Crippen molar-refractivity contribution in [2.75, 3.05) is 0 Å². The summed E-state index contributed by atoms with van der Waals surface area (Å²) in [6.45, 7) is 0. The largest absolute Gasteiger partial charge is 0.334 e. The van der Waals surface area contributed by atoms with Gasteiger partial charge in [-0.1, -0.05) is 12.1 Å². The molecule has 5 nitrogen and oxygen atoms in total. The molecule has 0 aromatic heterocycles. The number of hydrazine groups is 1. The third-order valence-electron chi connectivity index (χ3n) is 2.32. The highest BCUT2D eigenvalue weighted by Crippen LogP contribution is 2.18. The average Bonchev–Trinajstić information content (AvgIpc) is 3.10. The number of rotatable bonds is 2. The summed E-state index contributed by atoms with van der Waals surface area (Å²) >= 11 is 0. The Hall–Kier alpha value is -2.11. The third-order valence-corrected chi connectivity index (χ3v) is 2.32. The van der Waals surface area contributed by atoms with Crippen LogP contribution in [0.15, 0.2) is 24.3 Å². The number of carbonyl (C=O) groups is 2. The Kier molecular flexibility index (Phi) is 3.22. The first-order valence-electron chi connectivity index (χ1n) is 5.28. The Bertz CT molecular complexity index is 446. The van der Waals surface area contributed by atoms with E-state index in [-0.39, 0.29) is 11.6 Å². The second-order valence-electron chi connectivity index (χ2n) is 3.81. The highest BCUT2D eigenvalue weighted by Gasteiger charge is 2.23. The quantitative estimate of drug-likeness (QED) is 0.670. The first kappa shape index (κ1) is 11.4. The van der Waals surface area contributed by atoms with Crippen molar-refractivity contribution in [2.45, 2.75) is 18.9 Å². The van der Waals surface area contributed by atoms with Crippen molar-refractivity contribution in [2.24, 2.45) is 0 Å². The monoisotopic (exact) mass is 237 g/mol. The lowest BCUT2D eigenvalue weighted by Crippen LogP contribution is -2.47. The van der Waals surface area contributed by atoms with Gasteiger partial charge in [0.25, 0.3) is 5.91 Å². The summed E-state index contributed by atoms with van der Waals surface area (Å²) < 4.78 is 13.2. The summed E-state index contributed by atoms with van der Waals surface area (Å²) in [6, 6.07) is 5.25. The molecule has 0 spiro atoms. The Labute approximate surface area is 97.4 Å². The fourth-order valence-corrected chi connectivity index (χ4v) is 1.28. The fourth-order valence-electron chi connectivity index (χ4n) is 1.28. The summed E-state index contributed by atoms with van der Waals surface area (Å²) in [7, 11) is 0. The van der Waals surface area contributed by atoms with E-state index in [4.69, 9.17) is 0 Å². The average molecular weight is 237 g/mol. The molecule has 0 unspecified atom stereocenters. The molecule has 0 atom stereocenters. The molecule has 0 heterocycles. The number of amides is 3. The molecule has 1 aromatic rings. The van der Waals surface area contributed by atoms with Gasteiger partial charge in [-0.15, -0.1) is 0 Å². The molecule has 90 valence electrons. The number of carbonyl (C=O) groups excluding carboxylic acids is 2. The van der Waals surface area contributed by atoms with Gasteiger partial charge < -0.3 is 5.32 Å². The van der Waals surface area contributed by atoms with E-state index in [9.17, 15) is 14.0 Å². The lowest BCUT2D eigenvalue weighted by Gasteiger charge is -2.08. The van der Waals surface area contributed by atoms with Crippen LogP contribution in [0.25, 0.3) is 0 Å². The van der Waals surface area contributed by atoms with Gasteiger partial charge in [-0.25, -0.2) is 14.6 Å². The highest BCUT2D eigenvalue weighted by molar-refractivity contribution is 5.95. The third kappa shape index (κ3) is 3.17. The predicted molar refractivity (Wildman–Crippen MR) is 58.6 cm³/mol. The van der Waals surface area contributed by atoms with Crippen LogP contribution in [-0.4, -0.2) is 18.0 Å². The Balaban J connectivity index is 1.84. The molecule has 0 radical (unpaired) electrons. The van der Waals surface area contributed by atoms with Crippen LogP contribution < -0.4 is 16.2 Å². The van der Waals surface area contributed by atoms with Gasteiger partial charge in [0.1, 0.15) is 5.82 Å². The Morgan fingerprint density at radius 3 is 2.53 bits per heavy atom. The van der Waals surface area contributed by atoms with E-state index in [1.54, 1.807) is 6.07 Å². The summed E-state index contributed by atoms with van der Waals surface area (Å²) in [5.41, 5.74) is 4.18. The van der Waals surface area contributed by atoms with Gasteiger partial charge in [-0.2, -0.15) is 0 Å². The van der Waals surface area contributed by atoms with Crippen LogP contribution in [-0.2, 0) is 0 Å². The fraction of sp³-hybridized carbons (Fsp3) is 0.273. The molecule has 3 N–H and O–H groups in total. The van der Waals surface area contributed by atoms with Gasteiger partial charge in [-0.05, 0) is 25.0 Å². The van der Waals surface area contributed by atoms with E-state index in [0.717, 1.165) is 12.8 Å². The number of urea groups is 1. The minimum absolute atomic E-state index is 0.112. The summed E-state index contributed by atoms with van der Waals surface area (Å²) in [6.07, 6.45) is 1.91. The van der Waals surface area contributed by atoms with E-state index < -0.39 is 17.8 Å². The van der Waals surface area contributed by atoms with Crippen LogP contribution in [0.2, 0.25) is 0 Å². The maximum atomic E-state index is 13.2. The van der Waals surface area contributed by atoms with E-state index in [1.165, 1.54) is 18.2 Å². The zero-order valence-electron chi connectivity index (χ0n) is 9.00. The normalized spacial score (nSPS) is 13.9. The molecular weight excluding hydrogens is 225 g/mol. The highest BCUT2D eigenvalue weighted by atomic mass is 19.1. The first-order chi connectivity index (χ1) is 8.16. The molecule has 1 fully saturated rings. The number of benzene rings is 1. The smallest absolute Gasteiger partial charge is 0.333 e. The van der Waals surface area contributed by atoms with Crippen molar-refractivity contribution in [3.63, 3.8) is 0 Å². The lowest BCUT2D eigenvalue weighted by atomic mass is 10.2. The Morgan fingerprint density at radius 1 is 1.18 bits per heavy atom. The van der Waals surface area contributed by atoms with Crippen LogP contribution >= 0.6 is 0 Å². The minimum Gasteiger partial charge on any atom is -0.334 e. The lowest BCUT2D eigenvalue weighted by molar-refractivity contribution is 0.0932. The standard InChI is InChI=1S/C11H12FN3O2/c12-9-4-2-1-3-8(9)10(16)14-15-11(17)13-7-5-6-7/h1-4,7H,5-6H2,(H,14,16)(H2,13,15,17). The summed E-state index contributed by atoms with van der Waals surface area (Å²) in [4.78, 5) is 22.7. The van der Waals surface area contributed by atoms with Crippen LogP contribution in [0.3, 0.4) is 0 Å². The van der Waals surface area contributed by atoms with Gasteiger partial charge in [0.2, 0.25) is 0 Å². The molecule has 0 bridgehead atoms. The van der Waals surface area contributed by atoms with Crippen molar-refractivity contribution in [1.82, 2.24) is 16.2 Å². The molecule has 2 rings (SSSR count). The van der Waals surface area contributed by atoms with E-state index >= 15 is 0 Å². The van der Waals surface area contributed by atoms with Gasteiger partial charge in [0, 0.05) is 6.04 Å². The van der Waals surface area contributed by atoms with Gasteiger partial charge >= 0.3 is 6.03 Å². The minimum atomic E-state index is -0.686. The van der Waals surface area contributed by atoms with Crippen molar-refractivity contribution in [3.05, 3.63) is 35.6 Å². The second kappa shape index (κ2) is 4.82. The maximum Gasteiger partial charge on any atom is 0.333 e. The topological polar surface area (TPSA) is 70.2 Å². The molecule has 1 aromatic carbocycles. The van der Waals surface area contributed by atoms with Crippen molar-refractivity contribution < 1.29 is 14.0 Å². The molecule has 3 amide bonds. The number of nitrogens with one attached hydrogen (secondary N) is 3. The molecule has 0 saturated heterocycles. The molecule has 1 aliphatic carbocycles. The maximum absolute atomic E-state index is 13.2. The van der Waals surface area contributed by atoms with Gasteiger partial charge in [-0.3, -0.25) is 10.2 Å². The molecule has 17 heavy (non-hydrogen) atoms. The van der Waals surface area contributed by atoms with Crippen molar-refractivity contribution >= 4 is 11.9 Å². The first-order valence-corrected chi connectivity index (χ1v) is 5.28. The van der Waals surface area contributed by atoms with Crippen LogP contribution in [0.5, 0.6) is 0 Å². The van der Waals surface area contributed by atoms with E-state index in [0.29, 0.717) is 0 Å². The Morgan fingerprint density at radius 2 is 1.88 bits per heavy atom. The number of hydrogen-bond donors (Lipinski definition) is 3. The van der Waals surface area contributed by atoms with Gasteiger partial charge in [0.15, 0.2) is 0 Å². The SMILES string of the molecule is O=C(NNC(=O)c1ccccc1F)NC1CC1. The van der Waals surface area contributed by atoms with Crippen molar-refractivity contribution in [1.29, 1.82) is 0 Å². The molecule has 0 aliphatic heterocycles. The van der Waals surface area contributed by atoms with E-state index in [1.807, 2.05) is 0 Å². The zero-order chi connectivity index (χ0) is 12.3. The number of halogens is 1. The molecule has 1 saturated carbocycles.